The molecular formula is C56H74N12O17S3. The van der Waals surface area contributed by atoms with Gasteiger partial charge in [0.25, 0.3) is 0 Å². The number of H-pyrrole nitrogens is 1. The molecular weight excluding hydrogens is 1210 g/mol. The SMILES string of the molecule is CSCC[C@@H]1NC(=O)[C@H](Cc2c[nH]c3ccccc23)NC(=O)[C@@H](NC(=O)[C@H](CCSC)NC(=O)[C@H](Cc2ccc(OS(=O)(=O)O)cc2)NC(=O)[C@@H](N)CC(=O)O)CNC(=O)CNC(=O)[C@H](CCCCNCc2ccccc2)NC(=O)[C@H](CC(=O)O)NC1=O. The maximum atomic E-state index is 14.8. The van der Waals surface area contributed by atoms with Gasteiger partial charge in [-0.15, -0.1) is 0 Å². The fraction of sp³-hybridized carbons (Fsp3) is 0.446. The molecule has 0 saturated carbocycles. The Morgan fingerprint density at radius 3 is 1.98 bits per heavy atom. The molecule has 5 rings (SSSR count). The molecule has 32 heteroatoms. The molecule has 0 bridgehead atoms. The Kier molecular flexibility index (Phi) is 28.4. The van der Waals surface area contributed by atoms with Crippen LogP contribution in [0.1, 0.15) is 61.6 Å². The Bertz CT molecular complexity index is 3190. The lowest BCUT2D eigenvalue weighted by Crippen LogP contribution is -2.62. The van der Waals surface area contributed by atoms with E-state index in [1.807, 2.05) is 30.3 Å². The lowest BCUT2D eigenvalue weighted by molar-refractivity contribution is -0.141. The third-order valence-corrected chi connectivity index (χ3v) is 15.3. The van der Waals surface area contributed by atoms with Crippen LogP contribution in [0.15, 0.2) is 85.1 Å². The van der Waals surface area contributed by atoms with Crippen molar-refractivity contribution in [3.8, 4) is 5.75 Å². The van der Waals surface area contributed by atoms with Crippen molar-refractivity contribution in [2.45, 2.75) is 113 Å². The highest BCUT2D eigenvalue weighted by Gasteiger charge is 2.36. The van der Waals surface area contributed by atoms with E-state index in [9.17, 15) is 71.4 Å². The fourth-order valence-electron chi connectivity index (χ4n) is 9.04. The number of carbonyl (C=O) groups is 11. The molecule has 2 heterocycles. The number of hydrogen-bond donors (Lipinski definition) is 15. The quantitative estimate of drug-likeness (QED) is 0.0218. The summed E-state index contributed by atoms with van der Waals surface area (Å²) in [5, 5.41) is 45.9. The van der Waals surface area contributed by atoms with Gasteiger partial charge in [0.15, 0.2) is 0 Å². The normalized spacial score (nSPS) is 19.2. The first kappa shape index (κ1) is 70.5. The van der Waals surface area contributed by atoms with Crippen molar-refractivity contribution in [3.63, 3.8) is 0 Å². The van der Waals surface area contributed by atoms with Gasteiger partial charge in [-0.2, -0.15) is 31.9 Å². The van der Waals surface area contributed by atoms with Gasteiger partial charge in [-0.1, -0.05) is 60.7 Å². The van der Waals surface area contributed by atoms with Gasteiger partial charge in [0.1, 0.15) is 48.0 Å². The summed E-state index contributed by atoms with van der Waals surface area (Å²) in [6.45, 7) is -0.439. The van der Waals surface area contributed by atoms with Gasteiger partial charge >= 0.3 is 22.3 Å². The summed E-state index contributed by atoms with van der Waals surface area (Å²) >= 11 is 2.56. The maximum absolute atomic E-state index is 14.8. The Morgan fingerprint density at radius 2 is 1.31 bits per heavy atom. The van der Waals surface area contributed by atoms with E-state index in [-0.39, 0.29) is 54.9 Å². The summed E-state index contributed by atoms with van der Waals surface area (Å²) in [5.74, 6) is -11.8. The number of carbonyl (C=O) groups excluding carboxylic acids is 9. The van der Waals surface area contributed by atoms with Crippen LogP contribution in [0.4, 0.5) is 0 Å². The van der Waals surface area contributed by atoms with Crippen LogP contribution >= 0.6 is 23.5 Å². The molecule has 4 aromatic rings. The van der Waals surface area contributed by atoms with E-state index >= 15 is 0 Å². The van der Waals surface area contributed by atoms with Crippen LogP contribution in [-0.4, -0.2) is 185 Å². The number of fused-ring (bicyclic) bond motifs is 1. The number of carboxylic acid groups (broad SMARTS) is 2. The van der Waals surface area contributed by atoms with Crippen molar-refractivity contribution < 1.29 is 80.1 Å². The van der Waals surface area contributed by atoms with Crippen molar-refractivity contribution in [2.75, 3.05) is 43.7 Å². The number of thioether (sulfide) groups is 2. The number of benzene rings is 3. The monoisotopic (exact) mass is 1280 g/mol. The first-order valence-corrected chi connectivity index (χ1v) is 32.0. The zero-order valence-electron chi connectivity index (χ0n) is 48.2. The number of para-hydroxylation sites is 1. The summed E-state index contributed by atoms with van der Waals surface area (Å²) in [7, 11) is -4.92. The lowest BCUT2D eigenvalue weighted by atomic mass is 10.0. The molecule has 88 heavy (non-hydrogen) atoms. The van der Waals surface area contributed by atoms with Crippen LogP contribution in [0.2, 0.25) is 0 Å². The summed E-state index contributed by atoms with van der Waals surface area (Å²) < 4.78 is 36.2. The minimum Gasteiger partial charge on any atom is -0.481 e. The second-order valence-corrected chi connectivity index (χ2v) is 23.4. The first-order valence-electron chi connectivity index (χ1n) is 27.8. The molecule has 0 spiro atoms. The van der Waals surface area contributed by atoms with Crippen LogP contribution in [-0.2, 0) is 82.5 Å². The zero-order chi connectivity index (χ0) is 64.3. The van der Waals surface area contributed by atoms with Crippen molar-refractivity contribution in [2.24, 2.45) is 5.73 Å². The van der Waals surface area contributed by atoms with Crippen molar-refractivity contribution in [1.29, 1.82) is 0 Å². The largest absolute Gasteiger partial charge is 0.481 e. The van der Waals surface area contributed by atoms with Crippen LogP contribution < -0.4 is 63.1 Å². The molecule has 9 amide bonds. The third kappa shape index (κ3) is 24.1. The number of nitrogens with one attached hydrogen (secondary N) is 11. The molecule has 0 aliphatic carbocycles. The average molecular weight is 1280 g/mol. The van der Waals surface area contributed by atoms with Crippen LogP contribution in [0.3, 0.4) is 0 Å². The molecule has 29 nitrogen and oxygen atoms in total. The molecule has 1 fully saturated rings. The van der Waals surface area contributed by atoms with E-state index in [1.165, 1.54) is 35.7 Å². The number of rotatable bonds is 29. The number of amides is 9. The van der Waals surface area contributed by atoms with E-state index in [0.29, 0.717) is 42.4 Å². The van der Waals surface area contributed by atoms with E-state index in [1.54, 1.807) is 43.0 Å². The molecule has 1 aromatic heterocycles. The minimum absolute atomic E-state index is 0.0136. The highest BCUT2D eigenvalue weighted by atomic mass is 32.3. The molecule has 1 aliphatic rings. The molecule has 1 saturated heterocycles. The smallest absolute Gasteiger partial charge is 0.446 e. The number of aromatic nitrogens is 1. The van der Waals surface area contributed by atoms with E-state index in [4.69, 9.17) is 10.3 Å². The second-order valence-electron chi connectivity index (χ2n) is 20.4. The van der Waals surface area contributed by atoms with Crippen molar-refractivity contribution >= 4 is 110 Å². The highest BCUT2D eigenvalue weighted by Crippen LogP contribution is 2.20. The standard InChI is InChI=1S/C56H74N12O17S3/c1-86-22-19-40-51(76)67-44(27-48(72)73)55(80)62-39(14-8-9-21-58-28-33-10-4-3-5-11-33)50(75)61-31-46(69)60-30-45(56(81)66-43(54(79)64-40)25-34-29-59-38-13-7-6-12-36(34)38)68-52(77)41(20-23-87-2)63-53(78)42(65-49(74)37(57)26-47(70)71)24-32-15-17-35(18-16-32)85-88(82,83)84/h3-7,10-13,15-18,29,37,39-45,58-59H,8-9,14,19-28,30-31,57H2,1-2H3,(H,60,69)(H,61,75)(H,62,80)(H,63,78)(H,64,79)(H,65,74)(H,66,81)(H,67,76)(H,68,77)(H,70,71)(H,72,73)(H,82,83,84)/t37-,39-,40-,41-,42-,43-,44-,45-/m0/s1. The number of hydrogen-bond acceptors (Lipinski definition) is 18. The van der Waals surface area contributed by atoms with Gasteiger partial charge in [-0.05, 0) is 97.6 Å². The summed E-state index contributed by atoms with van der Waals surface area (Å²) in [5.41, 5.74) is 8.28. The Hall–Kier alpha value is -8.30. The number of carboxylic acids is 2. The van der Waals surface area contributed by atoms with Gasteiger partial charge < -0.3 is 78.3 Å². The molecule has 0 unspecified atom stereocenters. The zero-order valence-corrected chi connectivity index (χ0v) is 50.6. The van der Waals surface area contributed by atoms with Crippen molar-refractivity contribution in [3.05, 3.63) is 102 Å². The van der Waals surface area contributed by atoms with Gasteiger partial charge in [0, 0.05) is 43.0 Å². The highest BCUT2D eigenvalue weighted by molar-refractivity contribution is 7.98. The summed E-state index contributed by atoms with van der Waals surface area (Å²) in [6.07, 6.45) is 3.23. The predicted molar refractivity (Wildman–Crippen MR) is 324 cm³/mol. The second kappa shape index (κ2) is 35.5. The summed E-state index contributed by atoms with van der Waals surface area (Å²) in [4.78, 5) is 154. The number of unbranched alkanes of at least 4 members (excludes halogenated alkanes) is 1. The van der Waals surface area contributed by atoms with Crippen LogP contribution in [0.25, 0.3) is 10.9 Å². The Balaban J connectivity index is 1.49. The summed E-state index contributed by atoms with van der Waals surface area (Å²) in [6, 6.07) is 8.65. The van der Waals surface area contributed by atoms with Crippen LogP contribution in [0, 0.1) is 0 Å². The molecule has 8 atom stereocenters. The molecule has 0 radical (unpaired) electrons. The molecule has 478 valence electrons. The minimum atomic E-state index is -4.92. The van der Waals surface area contributed by atoms with Gasteiger partial charge in [-0.3, -0.25) is 57.3 Å². The number of aromatic amines is 1. The van der Waals surface area contributed by atoms with E-state index in [2.05, 4.69) is 62.3 Å². The van der Waals surface area contributed by atoms with Gasteiger partial charge in [-0.25, -0.2) is 0 Å². The van der Waals surface area contributed by atoms with Gasteiger partial charge in [0.05, 0.1) is 25.4 Å². The molecule has 16 N–H and O–H groups in total. The number of aliphatic carboxylic acids is 2. The predicted octanol–water partition coefficient (Wildman–Crippen LogP) is -1.48. The number of nitrogens with two attached hydrogens (primary N) is 1. The molecule has 3 aromatic carbocycles. The molecule has 1 aliphatic heterocycles. The fourth-order valence-corrected chi connectivity index (χ4v) is 10.3. The van der Waals surface area contributed by atoms with Gasteiger partial charge in [0.2, 0.25) is 53.2 Å². The van der Waals surface area contributed by atoms with Crippen molar-refractivity contribution in [1.82, 2.24) is 58.2 Å². The Labute approximate surface area is 515 Å². The van der Waals surface area contributed by atoms with E-state index < -0.39 is 150 Å². The topological polar surface area (TPSA) is 454 Å². The third-order valence-electron chi connectivity index (χ3n) is 13.6. The van der Waals surface area contributed by atoms with Crippen LogP contribution in [0.5, 0.6) is 5.75 Å². The Morgan fingerprint density at radius 1 is 0.682 bits per heavy atom. The first-order chi connectivity index (χ1) is 41.9. The average Bonchev–Trinajstić information content (AvgIpc) is 4.07. The lowest BCUT2D eigenvalue weighted by Gasteiger charge is -2.28. The van der Waals surface area contributed by atoms with E-state index in [0.717, 1.165) is 17.7 Å². The maximum Gasteiger partial charge on any atom is 0.446 e.